The van der Waals surface area contributed by atoms with Crippen molar-refractivity contribution in [3.05, 3.63) is 41.2 Å². The van der Waals surface area contributed by atoms with Gasteiger partial charge < -0.3 is 10.2 Å². The van der Waals surface area contributed by atoms with Gasteiger partial charge in [0.25, 0.3) is 0 Å². The molecule has 0 saturated heterocycles. The van der Waals surface area contributed by atoms with Gasteiger partial charge in [0.1, 0.15) is 0 Å². The van der Waals surface area contributed by atoms with Gasteiger partial charge in [-0.3, -0.25) is 4.79 Å². The molecule has 3 atom stereocenters. The molecule has 1 unspecified atom stereocenters. The van der Waals surface area contributed by atoms with Crippen LogP contribution in [-0.2, 0) is 9.59 Å². The molecule has 0 aromatic carbocycles. The Labute approximate surface area is 163 Å². The summed E-state index contributed by atoms with van der Waals surface area (Å²) in [7, 11) is 0. The Hall–Kier alpha value is -1.90. The second kappa shape index (κ2) is 12.5. The third-order valence-corrected chi connectivity index (χ3v) is 4.96. The summed E-state index contributed by atoms with van der Waals surface area (Å²) in [5.41, 5.74) is 4.91. The van der Waals surface area contributed by atoms with E-state index in [2.05, 4.69) is 24.8 Å². The average Bonchev–Trinajstić information content (AvgIpc) is 2.97. The summed E-state index contributed by atoms with van der Waals surface area (Å²) in [5.74, 6) is -1.07. The summed E-state index contributed by atoms with van der Waals surface area (Å²) in [6.07, 6.45) is 13.8. The normalized spacial score (nSPS) is 20.1. The van der Waals surface area contributed by atoms with Crippen molar-refractivity contribution in [3.63, 3.8) is 0 Å². The van der Waals surface area contributed by atoms with Crippen molar-refractivity contribution < 1.29 is 19.8 Å². The number of hydrogen-bond acceptors (Lipinski definition) is 3. The van der Waals surface area contributed by atoms with Crippen molar-refractivity contribution in [3.8, 4) is 0 Å². The maximum atomic E-state index is 12.2. The van der Waals surface area contributed by atoms with Crippen LogP contribution in [0.25, 0.3) is 0 Å². The fraction of sp³-hybridized carbons (Fsp3) is 0.609. The maximum absolute atomic E-state index is 12.2. The first kappa shape index (κ1) is 23.1. The molecule has 150 valence electrons. The van der Waals surface area contributed by atoms with E-state index >= 15 is 0 Å². The van der Waals surface area contributed by atoms with Crippen LogP contribution in [0.2, 0.25) is 0 Å². The zero-order valence-electron chi connectivity index (χ0n) is 16.9. The lowest BCUT2D eigenvalue weighted by Gasteiger charge is -2.15. The molecule has 0 aromatic heterocycles. The van der Waals surface area contributed by atoms with Gasteiger partial charge in [0, 0.05) is 18.3 Å². The lowest BCUT2D eigenvalue weighted by Crippen LogP contribution is -2.19. The molecule has 1 rings (SSSR count). The third-order valence-electron chi connectivity index (χ3n) is 4.96. The molecule has 27 heavy (non-hydrogen) atoms. The van der Waals surface area contributed by atoms with Gasteiger partial charge in [0.05, 0.1) is 0 Å². The number of aliphatic carboxylic acids is 1. The van der Waals surface area contributed by atoms with Crippen molar-refractivity contribution in [2.24, 2.45) is 11.8 Å². The lowest BCUT2D eigenvalue weighted by molar-refractivity contribution is -0.146. The monoisotopic (exact) mass is 374 g/mol. The molecule has 0 spiro atoms. The maximum Gasteiger partial charge on any atom is 0.332 e. The molecule has 0 fully saturated rings. The van der Waals surface area contributed by atoms with Gasteiger partial charge >= 0.3 is 5.97 Å². The quantitative estimate of drug-likeness (QED) is 0.287. The molecule has 4 heteroatoms. The Morgan fingerprint density at radius 3 is 2.67 bits per heavy atom. The summed E-state index contributed by atoms with van der Waals surface area (Å²) >= 11 is 0. The van der Waals surface area contributed by atoms with Crippen LogP contribution in [0.15, 0.2) is 41.2 Å². The van der Waals surface area contributed by atoms with Crippen LogP contribution in [0, 0.1) is 11.8 Å². The lowest BCUT2D eigenvalue weighted by atomic mass is 9.88. The zero-order valence-corrected chi connectivity index (χ0v) is 16.9. The number of carboxylic acid groups (broad SMARTS) is 1. The zero-order chi connectivity index (χ0) is 20.2. The predicted octanol–water partition coefficient (Wildman–Crippen LogP) is 4.99. The number of carbonyl (C=O) groups is 2. The van der Waals surface area contributed by atoms with Crippen LogP contribution in [-0.4, -0.2) is 28.1 Å². The number of carboxylic acids is 1. The molecule has 0 heterocycles. The summed E-state index contributed by atoms with van der Waals surface area (Å²) in [4.78, 5) is 23.1. The molecule has 0 amide bonds. The van der Waals surface area contributed by atoms with Crippen LogP contribution in [0.3, 0.4) is 0 Å². The minimum atomic E-state index is -1.40. The molecular formula is C23H34O4. The van der Waals surface area contributed by atoms with Crippen molar-refractivity contribution in [1.29, 1.82) is 0 Å². The molecule has 0 aromatic rings. The minimum Gasteiger partial charge on any atom is -0.479 e. The molecule has 1 aliphatic rings. The SMILES string of the molecule is CCCCCCC=C[C@H]1C=CC(=O)[C@@H]1CC(C)=C=C(CC)CC(O)C(=O)O. The van der Waals surface area contributed by atoms with Gasteiger partial charge in [-0.05, 0) is 49.8 Å². The van der Waals surface area contributed by atoms with E-state index in [1.807, 2.05) is 19.9 Å². The first-order valence-corrected chi connectivity index (χ1v) is 10.1. The van der Waals surface area contributed by atoms with E-state index in [9.17, 15) is 14.7 Å². The summed E-state index contributed by atoms with van der Waals surface area (Å²) in [6, 6.07) is 0. The number of ketones is 1. The van der Waals surface area contributed by atoms with E-state index in [-0.39, 0.29) is 24.0 Å². The fourth-order valence-corrected chi connectivity index (χ4v) is 3.32. The number of carbonyl (C=O) groups excluding carboxylic acids is 1. The molecule has 0 radical (unpaired) electrons. The van der Waals surface area contributed by atoms with Crippen LogP contribution in [0.5, 0.6) is 0 Å². The van der Waals surface area contributed by atoms with Gasteiger partial charge in [0.15, 0.2) is 11.9 Å². The van der Waals surface area contributed by atoms with Gasteiger partial charge in [0.2, 0.25) is 0 Å². The van der Waals surface area contributed by atoms with Gasteiger partial charge in [-0.15, -0.1) is 5.73 Å². The van der Waals surface area contributed by atoms with Crippen molar-refractivity contribution in [2.45, 2.75) is 78.2 Å². The third kappa shape index (κ3) is 8.55. The van der Waals surface area contributed by atoms with Crippen LogP contribution in [0.4, 0.5) is 0 Å². The average molecular weight is 375 g/mol. The van der Waals surface area contributed by atoms with E-state index in [0.29, 0.717) is 12.8 Å². The molecule has 0 saturated carbocycles. The van der Waals surface area contributed by atoms with E-state index in [1.165, 1.54) is 25.7 Å². The van der Waals surface area contributed by atoms with Crippen LogP contribution >= 0.6 is 0 Å². The van der Waals surface area contributed by atoms with Gasteiger partial charge in [-0.25, -0.2) is 4.79 Å². The molecular weight excluding hydrogens is 340 g/mol. The molecule has 0 aliphatic heterocycles. The number of unbranched alkanes of at least 4 members (excludes halogenated alkanes) is 4. The van der Waals surface area contributed by atoms with Crippen LogP contribution in [0.1, 0.15) is 72.1 Å². The predicted molar refractivity (Wildman–Crippen MR) is 108 cm³/mol. The molecule has 2 N–H and O–H groups in total. The largest absolute Gasteiger partial charge is 0.479 e. The number of allylic oxidation sites excluding steroid dienone is 4. The molecule has 4 nitrogen and oxygen atoms in total. The first-order valence-electron chi connectivity index (χ1n) is 10.1. The minimum absolute atomic E-state index is 0.0706. The number of hydrogen-bond donors (Lipinski definition) is 2. The first-order chi connectivity index (χ1) is 12.9. The standard InChI is InChI=1S/C23H34O4/c1-4-6-7-8-9-10-11-19-12-13-21(24)20(19)15-17(3)14-18(5-2)16-22(25)23(26)27/h10-13,19-20,22,25H,4-9,15-16H2,1-3H3,(H,26,27)/t14?,19-,20+,22?/m0/s1. The van der Waals surface area contributed by atoms with Gasteiger partial charge in [-0.1, -0.05) is 51.3 Å². The fourth-order valence-electron chi connectivity index (χ4n) is 3.32. The van der Waals surface area contributed by atoms with E-state index in [4.69, 9.17) is 5.11 Å². The second-order valence-corrected chi connectivity index (χ2v) is 7.35. The molecule has 1 aliphatic carbocycles. The summed E-state index contributed by atoms with van der Waals surface area (Å²) < 4.78 is 0. The van der Waals surface area contributed by atoms with E-state index in [1.54, 1.807) is 6.08 Å². The Balaban J connectivity index is 2.72. The van der Waals surface area contributed by atoms with E-state index < -0.39 is 12.1 Å². The number of aliphatic hydroxyl groups is 1. The molecule has 0 bridgehead atoms. The second-order valence-electron chi connectivity index (χ2n) is 7.35. The highest BCUT2D eigenvalue weighted by Crippen LogP contribution is 2.29. The van der Waals surface area contributed by atoms with E-state index in [0.717, 1.165) is 17.6 Å². The summed E-state index contributed by atoms with van der Waals surface area (Å²) in [6.45, 7) is 6.03. The summed E-state index contributed by atoms with van der Waals surface area (Å²) in [5, 5.41) is 18.4. The highest BCUT2D eigenvalue weighted by molar-refractivity contribution is 5.95. The highest BCUT2D eigenvalue weighted by atomic mass is 16.4. The van der Waals surface area contributed by atoms with Crippen molar-refractivity contribution >= 4 is 11.8 Å². The number of aliphatic hydroxyl groups excluding tert-OH is 1. The topological polar surface area (TPSA) is 74.6 Å². The highest BCUT2D eigenvalue weighted by Gasteiger charge is 2.28. The van der Waals surface area contributed by atoms with Gasteiger partial charge in [-0.2, -0.15) is 0 Å². The Bertz CT molecular complexity index is 620. The smallest absolute Gasteiger partial charge is 0.332 e. The van der Waals surface area contributed by atoms with Crippen molar-refractivity contribution in [2.75, 3.05) is 0 Å². The Kier molecular flexibility index (Phi) is 10.7. The number of rotatable bonds is 12. The Morgan fingerprint density at radius 2 is 2.04 bits per heavy atom. The Morgan fingerprint density at radius 1 is 1.30 bits per heavy atom. The van der Waals surface area contributed by atoms with Crippen molar-refractivity contribution in [1.82, 2.24) is 0 Å². The van der Waals surface area contributed by atoms with Crippen LogP contribution < -0.4 is 0 Å².